The molecule has 22 heavy (non-hydrogen) atoms. The van der Waals surface area contributed by atoms with Gasteiger partial charge < -0.3 is 14.6 Å². The van der Waals surface area contributed by atoms with Crippen LogP contribution >= 0.6 is 0 Å². The van der Waals surface area contributed by atoms with Gasteiger partial charge in [-0.15, -0.1) is 0 Å². The fourth-order valence-corrected chi connectivity index (χ4v) is 3.02. The molecular formula is C18H22N2O2. The molecule has 1 aliphatic carbocycles. The second-order valence-corrected chi connectivity index (χ2v) is 5.88. The molecule has 1 aromatic carbocycles. The second-order valence-electron chi connectivity index (χ2n) is 5.88. The molecule has 1 N–H and O–H groups in total. The first-order chi connectivity index (χ1) is 10.6. The minimum atomic E-state index is -0.0223. The lowest BCUT2D eigenvalue weighted by molar-refractivity contribution is 0.0950. The Labute approximate surface area is 131 Å². The van der Waals surface area contributed by atoms with Crippen molar-refractivity contribution >= 4 is 5.91 Å². The molecule has 0 radical (unpaired) electrons. The number of rotatable bonds is 5. The second kappa shape index (κ2) is 5.87. The van der Waals surface area contributed by atoms with Gasteiger partial charge in [0.1, 0.15) is 5.75 Å². The van der Waals surface area contributed by atoms with Crippen LogP contribution in [-0.4, -0.2) is 17.6 Å². The first-order valence-corrected chi connectivity index (χ1v) is 7.70. The maximum atomic E-state index is 12.5. The highest BCUT2D eigenvalue weighted by Crippen LogP contribution is 2.38. The third kappa shape index (κ3) is 2.73. The number of ether oxygens (including phenoxy) is 1. The van der Waals surface area contributed by atoms with Crippen molar-refractivity contribution in [2.24, 2.45) is 0 Å². The van der Waals surface area contributed by atoms with Gasteiger partial charge in [-0.05, 0) is 38.8 Å². The van der Waals surface area contributed by atoms with Crippen molar-refractivity contribution in [1.82, 2.24) is 9.88 Å². The molecule has 2 aromatic rings. The number of nitrogens with one attached hydrogen (secondary N) is 1. The summed E-state index contributed by atoms with van der Waals surface area (Å²) in [4.78, 5) is 12.5. The van der Waals surface area contributed by atoms with Crippen LogP contribution in [0, 0.1) is 13.8 Å². The number of para-hydroxylation sites is 1. The summed E-state index contributed by atoms with van der Waals surface area (Å²) >= 11 is 0. The first kappa shape index (κ1) is 14.7. The Morgan fingerprint density at radius 1 is 1.32 bits per heavy atom. The molecule has 3 rings (SSSR count). The molecule has 4 nitrogen and oxygen atoms in total. The third-order valence-corrected chi connectivity index (χ3v) is 4.27. The molecule has 0 spiro atoms. The predicted octanol–water partition coefficient (Wildman–Crippen LogP) is 3.38. The summed E-state index contributed by atoms with van der Waals surface area (Å²) in [5.41, 5.74) is 3.99. The quantitative estimate of drug-likeness (QED) is 0.919. The number of amides is 1. The Kier molecular flexibility index (Phi) is 3.92. The van der Waals surface area contributed by atoms with Crippen molar-refractivity contribution in [2.75, 3.05) is 7.11 Å². The minimum absolute atomic E-state index is 0.0223. The zero-order valence-electron chi connectivity index (χ0n) is 13.3. The van der Waals surface area contributed by atoms with Gasteiger partial charge in [0, 0.05) is 29.5 Å². The lowest BCUT2D eigenvalue weighted by Crippen LogP contribution is -2.23. The van der Waals surface area contributed by atoms with Crippen LogP contribution in [0.25, 0.3) is 0 Å². The van der Waals surface area contributed by atoms with Gasteiger partial charge in [0.25, 0.3) is 5.91 Å². The van der Waals surface area contributed by atoms with Gasteiger partial charge in [0.2, 0.25) is 0 Å². The smallest absolute Gasteiger partial charge is 0.253 e. The lowest BCUT2D eigenvalue weighted by Gasteiger charge is -2.10. The molecule has 1 fully saturated rings. The SMILES string of the molecule is COc1ccccc1CNC(=O)c1cc(C)n(C2CC2)c1C. The molecule has 1 amide bonds. The van der Waals surface area contributed by atoms with Gasteiger partial charge in [-0.25, -0.2) is 0 Å². The number of carbonyl (C=O) groups excluding carboxylic acids is 1. The summed E-state index contributed by atoms with van der Waals surface area (Å²) in [6.45, 7) is 4.57. The molecule has 1 heterocycles. The predicted molar refractivity (Wildman–Crippen MR) is 86.3 cm³/mol. The normalized spacial score (nSPS) is 14.0. The summed E-state index contributed by atoms with van der Waals surface area (Å²) in [6, 6.07) is 10.3. The number of hydrogen-bond donors (Lipinski definition) is 1. The average Bonchev–Trinajstić information content (AvgIpc) is 3.30. The molecule has 116 valence electrons. The summed E-state index contributed by atoms with van der Waals surface area (Å²) in [5, 5.41) is 3.00. The van der Waals surface area contributed by atoms with Crippen LogP contribution < -0.4 is 10.1 Å². The van der Waals surface area contributed by atoms with E-state index in [0.29, 0.717) is 12.6 Å². The van der Waals surface area contributed by atoms with Gasteiger partial charge in [-0.1, -0.05) is 18.2 Å². The minimum Gasteiger partial charge on any atom is -0.496 e. The first-order valence-electron chi connectivity index (χ1n) is 7.70. The molecule has 4 heteroatoms. The molecule has 1 saturated carbocycles. The summed E-state index contributed by atoms with van der Waals surface area (Å²) in [5.74, 6) is 0.775. The number of nitrogens with zero attached hydrogens (tertiary/aromatic N) is 1. The van der Waals surface area contributed by atoms with Crippen LogP contribution in [-0.2, 0) is 6.54 Å². The van der Waals surface area contributed by atoms with E-state index in [1.165, 1.54) is 18.5 Å². The third-order valence-electron chi connectivity index (χ3n) is 4.27. The van der Waals surface area contributed by atoms with Crippen LogP contribution in [0.3, 0.4) is 0 Å². The van der Waals surface area contributed by atoms with Gasteiger partial charge in [0.15, 0.2) is 0 Å². The van der Waals surface area contributed by atoms with E-state index in [1.807, 2.05) is 37.3 Å². The summed E-state index contributed by atoms with van der Waals surface area (Å²) < 4.78 is 7.60. The molecule has 1 aliphatic rings. The van der Waals surface area contributed by atoms with Crippen LogP contribution in [0.5, 0.6) is 5.75 Å². The van der Waals surface area contributed by atoms with E-state index in [-0.39, 0.29) is 5.91 Å². The largest absolute Gasteiger partial charge is 0.496 e. The molecular weight excluding hydrogens is 276 g/mol. The van der Waals surface area contributed by atoms with Crippen molar-refractivity contribution in [2.45, 2.75) is 39.3 Å². The fraction of sp³-hybridized carbons (Fsp3) is 0.389. The monoisotopic (exact) mass is 298 g/mol. The molecule has 0 aliphatic heterocycles. The van der Waals surface area contributed by atoms with E-state index >= 15 is 0 Å². The van der Waals surface area contributed by atoms with Gasteiger partial charge in [-0.3, -0.25) is 4.79 Å². The number of aryl methyl sites for hydroxylation is 1. The molecule has 0 bridgehead atoms. The zero-order valence-corrected chi connectivity index (χ0v) is 13.3. The number of hydrogen-bond acceptors (Lipinski definition) is 2. The summed E-state index contributed by atoms with van der Waals surface area (Å²) in [7, 11) is 1.64. The van der Waals surface area contributed by atoms with E-state index < -0.39 is 0 Å². The highest BCUT2D eigenvalue weighted by molar-refractivity contribution is 5.95. The maximum Gasteiger partial charge on any atom is 0.253 e. The molecule has 0 unspecified atom stereocenters. The number of carbonyl (C=O) groups is 1. The standard InChI is InChI=1S/C18H22N2O2/c1-12-10-16(13(2)20(12)15-8-9-15)18(21)19-11-14-6-4-5-7-17(14)22-3/h4-7,10,15H,8-9,11H2,1-3H3,(H,19,21). The Balaban J connectivity index is 1.74. The van der Waals surface area contributed by atoms with Crippen LogP contribution in [0.15, 0.2) is 30.3 Å². The highest BCUT2D eigenvalue weighted by atomic mass is 16.5. The van der Waals surface area contributed by atoms with Crippen molar-refractivity contribution < 1.29 is 9.53 Å². The van der Waals surface area contributed by atoms with Gasteiger partial charge >= 0.3 is 0 Å². The Bertz CT molecular complexity index is 699. The van der Waals surface area contributed by atoms with Crippen molar-refractivity contribution in [1.29, 1.82) is 0 Å². The molecule has 0 atom stereocenters. The Morgan fingerprint density at radius 3 is 2.73 bits per heavy atom. The topological polar surface area (TPSA) is 43.3 Å². The number of methoxy groups -OCH3 is 1. The van der Waals surface area contributed by atoms with Crippen LogP contribution in [0.4, 0.5) is 0 Å². The van der Waals surface area contributed by atoms with E-state index in [1.54, 1.807) is 7.11 Å². The number of benzene rings is 1. The van der Waals surface area contributed by atoms with E-state index in [4.69, 9.17) is 4.74 Å². The summed E-state index contributed by atoms with van der Waals surface area (Å²) in [6.07, 6.45) is 2.44. The number of aromatic nitrogens is 1. The Hall–Kier alpha value is -2.23. The van der Waals surface area contributed by atoms with Crippen molar-refractivity contribution in [3.63, 3.8) is 0 Å². The van der Waals surface area contributed by atoms with Crippen LogP contribution in [0.1, 0.15) is 46.2 Å². The highest BCUT2D eigenvalue weighted by Gasteiger charge is 2.28. The van der Waals surface area contributed by atoms with E-state index in [2.05, 4.69) is 16.8 Å². The molecule has 0 saturated heterocycles. The van der Waals surface area contributed by atoms with Crippen molar-refractivity contribution in [3.8, 4) is 5.75 Å². The van der Waals surface area contributed by atoms with Gasteiger partial charge in [0.05, 0.1) is 12.7 Å². The Morgan fingerprint density at radius 2 is 2.05 bits per heavy atom. The zero-order chi connectivity index (χ0) is 15.7. The average molecular weight is 298 g/mol. The molecule has 1 aromatic heterocycles. The van der Waals surface area contributed by atoms with Gasteiger partial charge in [-0.2, -0.15) is 0 Å². The lowest BCUT2D eigenvalue weighted by atomic mass is 10.2. The van der Waals surface area contributed by atoms with E-state index in [0.717, 1.165) is 22.6 Å². The van der Waals surface area contributed by atoms with E-state index in [9.17, 15) is 4.79 Å². The van der Waals surface area contributed by atoms with Crippen molar-refractivity contribution in [3.05, 3.63) is 52.8 Å². The van der Waals surface area contributed by atoms with Crippen LogP contribution in [0.2, 0.25) is 0 Å². The fourth-order valence-electron chi connectivity index (χ4n) is 3.02. The maximum absolute atomic E-state index is 12.5.